The zero-order valence-corrected chi connectivity index (χ0v) is 8.40. The van der Waals surface area contributed by atoms with Gasteiger partial charge < -0.3 is 0 Å². The first-order valence-electron chi connectivity index (χ1n) is 4.46. The molecule has 3 nitrogen and oxygen atoms in total. The van der Waals surface area contributed by atoms with Crippen molar-refractivity contribution in [3.05, 3.63) is 29.8 Å². The zero-order chi connectivity index (χ0) is 10.7. The van der Waals surface area contributed by atoms with Gasteiger partial charge in [-0.05, 0) is 26.0 Å². The topological polar surface area (TPSA) is 46.3 Å². The normalized spacial score (nSPS) is 10.3. The van der Waals surface area contributed by atoms with Crippen LogP contribution in [-0.4, -0.2) is 24.8 Å². The van der Waals surface area contributed by atoms with Crippen LogP contribution in [0.2, 0.25) is 0 Å². The van der Waals surface area contributed by atoms with Crippen molar-refractivity contribution in [2.75, 3.05) is 0 Å². The van der Waals surface area contributed by atoms with Gasteiger partial charge in [0.05, 0.1) is 0 Å². The number of benzene rings is 1. The highest BCUT2D eigenvalue weighted by atomic mass is 16.2. The Balaban J connectivity index is 2.84. The van der Waals surface area contributed by atoms with Crippen molar-refractivity contribution in [3.8, 4) is 0 Å². The van der Waals surface area contributed by atoms with Gasteiger partial charge in [-0.25, -0.2) is 5.84 Å². The average Bonchev–Trinajstić information content (AvgIpc) is 2.16. The van der Waals surface area contributed by atoms with Crippen molar-refractivity contribution in [2.45, 2.75) is 19.9 Å². The molecule has 0 unspecified atom stereocenters. The summed E-state index contributed by atoms with van der Waals surface area (Å²) in [6.45, 7) is 3.71. The molecule has 0 spiro atoms. The molecule has 0 aliphatic rings. The second-order valence-corrected chi connectivity index (χ2v) is 3.43. The van der Waals surface area contributed by atoms with Crippen LogP contribution in [0.5, 0.6) is 0 Å². The van der Waals surface area contributed by atoms with E-state index in [1.165, 1.54) is 5.01 Å². The predicted octanol–water partition coefficient (Wildman–Crippen LogP) is 0.205. The first-order valence-corrected chi connectivity index (χ1v) is 4.46. The number of hydrogen-bond donors (Lipinski definition) is 1. The number of amides is 1. The lowest BCUT2D eigenvalue weighted by atomic mass is 9.95. The lowest BCUT2D eigenvalue weighted by Crippen LogP contribution is -2.42. The van der Waals surface area contributed by atoms with E-state index in [9.17, 15) is 4.79 Å². The summed E-state index contributed by atoms with van der Waals surface area (Å²) in [5.74, 6) is 5.39. The highest BCUT2D eigenvalue weighted by Crippen LogP contribution is 2.02. The standard InChI is InChI=1S/C10H13BN2O/c1-7(2)13(12)10(14)8-3-5-9(11)6-4-8/h3-7H,12H2,1-2H3. The summed E-state index contributed by atoms with van der Waals surface area (Å²) in [4.78, 5) is 11.7. The summed E-state index contributed by atoms with van der Waals surface area (Å²) in [5.41, 5.74) is 1.19. The average molecular weight is 188 g/mol. The SMILES string of the molecule is [B]c1ccc(C(=O)N(N)C(C)C)cc1. The third-order valence-corrected chi connectivity index (χ3v) is 1.95. The maximum atomic E-state index is 11.7. The second kappa shape index (κ2) is 4.29. The van der Waals surface area contributed by atoms with Gasteiger partial charge in [0.15, 0.2) is 0 Å². The van der Waals surface area contributed by atoms with Crippen LogP contribution < -0.4 is 11.3 Å². The fraction of sp³-hybridized carbons (Fsp3) is 0.300. The number of nitrogens with zero attached hydrogens (tertiary/aromatic N) is 1. The highest BCUT2D eigenvalue weighted by Gasteiger charge is 2.14. The maximum absolute atomic E-state index is 11.7. The van der Waals surface area contributed by atoms with Gasteiger partial charge in [0, 0.05) is 11.6 Å². The molecule has 14 heavy (non-hydrogen) atoms. The van der Waals surface area contributed by atoms with Crippen molar-refractivity contribution in [1.82, 2.24) is 5.01 Å². The predicted molar refractivity (Wildman–Crippen MR) is 57.3 cm³/mol. The molecule has 0 saturated heterocycles. The number of nitrogens with two attached hydrogens (primary N) is 1. The summed E-state index contributed by atoms with van der Waals surface area (Å²) in [7, 11) is 5.51. The molecular weight excluding hydrogens is 175 g/mol. The third kappa shape index (κ3) is 2.36. The summed E-state index contributed by atoms with van der Waals surface area (Å²) < 4.78 is 0. The molecule has 0 fully saturated rings. The molecule has 0 aliphatic heterocycles. The molecule has 1 aromatic rings. The van der Waals surface area contributed by atoms with Crippen LogP contribution in [0.3, 0.4) is 0 Å². The Morgan fingerprint density at radius 2 is 1.86 bits per heavy atom. The van der Waals surface area contributed by atoms with E-state index in [4.69, 9.17) is 13.7 Å². The molecule has 0 aliphatic carbocycles. The van der Waals surface area contributed by atoms with E-state index >= 15 is 0 Å². The first-order chi connectivity index (χ1) is 6.52. The summed E-state index contributed by atoms with van der Waals surface area (Å²) in [5, 5.41) is 1.20. The summed E-state index contributed by atoms with van der Waals surface area (Å²) in [6.07, 6.45) is 0. The first kappa shape index (κ1) is 10.8. The second-order valence-electron chi connectivity index (χ2n) is 3.43. The van der Waals surface area contributed by atoms with Crippen LogP contribution in [0.25, 0.3) is 0 Å². The molecule has 0 atom stereocenters. The number of hydrazine groups is 1. The molecule has 4 heteroatoms. The third-order valence-electron chi connectivity index (χ3n) is 1.95. The van der Waals surface area contributed by atoms with Crippen molar-refractivity contribution in [3.63, 3.8) is 0 Å². The van der Waals surface area contributed by atoms with Crippen LogP contribution >= 0.6 is 0 Å². The minimum Gasteiger partial charge on any atom is -0.274 e. The fourth-order valence-corrected chi connectivity index (χ4v) is 1.01. The van der Waals surface area contributed by atoms with Crippen molar-refractivity contribution >= 4 is 19.2 Å². The summed E-state index contributed by atoms with van der Waals surface area (Å²) in [6, 6.07) is 6.68. The van der Waals surface area contributed by atoms with Gasteiger partial charge in [0.25, 0.3) is 5.91 Å². The zero-order valence-electron chi connectivity index (χ0n) is 8.40. The Morgan fingerprint density at radius 3 is 2.29 bits per heavy atom. The van der Waals surface area contributed by atoms with Gasteiger partial charge in [-0.1, -0.05) is 17.6 Å². The Bertz CT molecular complexity index is 321. The molecule has 1 rings (SSSR count). The van der Waals surface area contributed by atoms with E-state index in [1.54, 1.807) is 24.3 Å². The van der Waals surface area contributed by atoms with E-state index in [0.29, 0.717) is 11.0 Å². The van der Waals surface area contributed by atoms with Crippen LogP contribution in [0.4, 0.5) is 0 Å². The van der Waals surface area contributed by atoms with E-state index in [1.807, 2.05) is 13.8 Å². The molecule has 0 bridgehead atoms. The minimum atomic E-state index is -0.194. The number of hydrogen-bond acceptors (Lipinski definition) is 2. The largest absolute Gasteiger partial charge is 0.274 e. The molecule has 72 valence electrons. The molecule has 2 N–H and O–H groups in total. The molecule has 0 aromatic heterocycles. The van der Waals surface area contributed by atoms with Gasteiger partial charge in [0.2, 0.25) is 0 Å². The van der Waals surface area contributed by atoms with Gasteiger partial charge in [-0.15, -0.1) is 0 Å². The lowest BCUT2D eigenvalue weighted by Gasteiger charge is -2.20. The molecule has 0 saturated carbocycles. The number of carbonyl (C=O) groups is 1. The van der Waals surface area contributed by atoms with Crippen LogP contribution in [-0.2, 0) is 0 Å². The quantitative estimate of drug-likeness (QED) is 0.312. The fourth-order valence-electron chi connectivity index (χ4n) is 1.01. The van der Waals surface area contributed by atoms with E-state index in [0.717, 1.165) is 0 Å². The molecule has 2 radical (unpaired) electrons. The van der Waals surface area contributed by atoms with Crippen LogP contribution in [0, 0.1) is 0 Å². The van der Waals surface area contributed by atoms with Crippen molar-refractivity contribution in [2.24, 2.45) is 5.84 Å². The smallest absolute Gasteiger partial charge is 0.268 e. The maximum Gasteiger partial charge on any atom is 0.268 e. The van der Waals surface area contributed by atoms with Crippen LogP contribution in [0.1, 0.15) is 24.2 Å². The van der Waals surface area contributed by atoms with Gasteiger partial charge in [-0.2, -0.15) is 0 Å². The molecule has 1 amide bonds. The van der Waals surface area contributed by atoms with Crippen molar-refractivity contribution < 1.29 is 4.79 Å². The molecule has 0 heterocycles. The number of carbonyl (C=O) groups excluding carboxylic acids is 1. The lowest BCUT2D eigenvalue weighted by molar-refractivity contribution is 0.0706. The Hall–Kier alpha value is -1.29. The van der Waals surface area contributed by atoms with Gasteiger partial charge in [0.1, 0.15) is 7.85 Å². The van der Waals surface area contributed by atoms with Crippen molar-refractivity contribution in [1.29, 1.82) is 0 Å². The molecule has 1 aromatic carbocycles. The minimum absolute atomic E-state index is 0.0138. The van der Waals surface area contributed by atoms with Crippen LogP contribution in [0.15, 0.2) is 24.3 Å². The molecular formula is C10H13BN2O. The Morgan fingerprint density at radius 1 is 1.36 bits per heavy atom. The Kier molecular flexibility index (Phi) is 3.30. The van der Waals surface area contributed by atoms with E-state index in [-0.39, 0.29) is 11.9 Å². The highest BCUT2D eigenvalue weighted by molar-refractivity contribution is 6.32. The number of rotatable bonds is 2. The van der Waals surface area contributed by atoms with E-state index in [2.05, 4.69) is 0 Å². The van der Waals surface area contributed by atoms with Gasteiger partial charge >= 0.3 is 0 Å². The summed E-state index contributed by atoms with van der Waals surface area (Å²) >= 11 is 0. The monoisotopic (exact) mass is 188 g/mol. The van der Waals surface area contributed by atoms with E-state index < -0.39 is 0 Å². The van der Waals surface area contributed by atoms with Gasteiger partial charge in [-0.3, -0.25) is 9.80 Å². The Labute approximate surface area is 85.3 Å².